The highest BCUT2D eigenvalue weighted by Crippen LogP contribution is 2.33. The van der Waals surface area contributed by atoms with Gasteiger partial charge in [0.25, 0.3) is 0 Å². The van der Waals surface area contributed by atoms with Gasteiger partial charge in [-0.15, -0.1) is 0 Å². The van der Waals surface area contributed by atoms with Gasteiger partial charge in [-0.25, -0.2) is 9.97 Å². The fourth-order valence-corrected chi connectivity index (χ4v) is 5.65. The second-order valence-electron chi connectivity index (χ2n) is 10.2. The summed E-state index contributed by atoms with van der Waals surface area (Å²) < 4.78 is 17.0. The largest absolute Gasteiger partial charge is 0.475 e. The number of hydrogen-bond donors (Lipinski definition) is 1. The number of nitriles is 1. The van der Waals surface area contributed by atoms with Crippen LogP contribution >= 0.6 is 11.6 Å². The highest BCUT2D eigenvalue weighted by Gasteiger charge is 2.34. The van der Waals surface area contributed by atoms with E-state index in [0.29, 0.717) is 54.7 Å². The van der Waals surface area contributed by atoms with Crippen molar-refractivity contribution in [2.75, 3.05) is 51.4 Å². The molecule has 3 fully saturated rings. The Balaban J connectivity index is 1.21. The molecule has 0 spiro atoms. The molecule has 4 heterocycles. The van der Waals surface area contributed by atoms with Crippen molar-refractivity contribution in [2.24, 2.45) is 5.41 Å². The molecule has 2 saturated heterocycles. The van der Waals surface area contributed by atoms with E-state index in [1.807, 2.05) is 6.07 Å². The second kappa shape index (κ2) is 12.4. The average molecular weight is 527 g/mol. The van der Waals surface area contributed by atoms with Crippen molar-refractivity contribution in [2.45, 2.75) is 57.0 Å². The molecule has 2 aliphatic heterocycles. The zero-order valence-corrected chi connectivity index (χ0v) is 22.0. The van der Waals surface area contributed by atoms with Crippen LogP contribution in [0.1, 0.15) is 44.9 Å². The van der Waals surface area contributed by atoms with Crippen molar-refractivity contribution < 1.29 is 14.2 Å². The molecule has 0 unspecified atom stereocenters. The number of anilines is 1. The Hall–Kier alpha value is -2.51. The number of nitrogens with one attached hydrogen (secondary N) is 1. The van der Waals surface area contributed by atoms with Gasteiger partial charge in [-0.2, -0.15) is 5.26 Å². The van der Waals surface area contributed by atoms with Crippen molar-refractivity contribution in [3.05, 3.63) is 29.7 Å². The molecule has 0 atom stereocenters. The number of aromatic nitrogens is 3. The lowest BCUT2D eigenvalue weighted by atomic mass is 9.83. The van der Waals surface area contributed by atoms with E-state index in [-0.39, 0.29) is 6.61 Å². The second-order valence-corrected chi connectivity index (χ2v) is 10.6. The summed E-state index contributed by atoms with van der Waals surface area (Å²) in [5.41, 5.74) is 0.802. The normalized spacial score (nSPS) is 24.5. The van der Waals surface area contributed by atoms with Crippen LogP contribution in [0, 0.1) is 16.7 Å². The van der Waals surface area contributed by atoms with Crippen molar-refractivity contribution in [3.63, 3.8) is 0 Å². The van der Waals surface area contributed by atoms with Crippen LogP contribution < -0.4 is 10.1 Å². The quantitative estimate of drug-likeness (QED) is 0.564. The minimum absolute atomic E-state index is 0.259. The molecule has 1 saturated carbocycles. The third-order valence-corrected chi connectivity index (χ3v) is 8.05. The molecule has 0 amide bonds. The molecule has 0 aromatic carbocycles. The fourth-order valence-electron chi connectivity index (χ4n) is 5.45. The summed E-state index contributed by atoms with van der Waals surface area (Å²) in [4.78, 5) is 16.1. The minimum Gasteiger partial charge on any atom is -0.475 e. The third-order valence-electron chi connectivity index (χ3n) is 7.75. The Morgan fingerprint density at radius 1 is 1.08 bits per heavy atom. The molecule has 5 rings (SSSR count). The van der Waals surface area contributed by atoms with Gasteiger partial charge in [0.2, 0.25) is 5.88 Å². The van der Waals surface area contributed by atoms with E-state index >= 15 is 0 Å². The van der Waals surface area contributed by atoms with Crippen LogP contribution in [0.25, 0.3) is 11.3 Å². The van der Waals surface area contributed by atoms with E-state index in [1.54, 1.807) is 18.6 Å². The molecule has 0 radical (unpaired) electrons. The molecule has 1 N–H and O–H groups in total. The van der Waals surface area contributed by atoms with Gasteiger partial charge in [-0.3, -0.25) is 9.88 Å². The summed E-state index contributed by atoms with van der Waals surface area (Å²) in [6.45, 7) is 5.31. The first kappa shape index (κ1) is 26.1. The summed E-state index contributed by atoms with van der Waals surface area (Å²) in [7, 11) is 0. The van der Waals surface area contributed by atoms with Crippen LogP contribution in [0.4, 0.5) is 5.82 Å². The summed E-state index contributed by atoms with van der Waals surface area (Å²) in [5.74, 6) is 1.16. The van der Waals surface area contributed by atoms with Crippen molar-refractivity contribution in [3.8, 4) is 23.2 Å². The first-order valence-corrected chi connectivity index (χ1v) is 13.7. The Morgan fingerprint density at radius 3 is 2.70 bits per heavy atom. The SMILES string of the molecule is N#CC1(COc2cncc(-c3cc(NC4CCC(N5CCCOCC5)CC4)ncc3Cl)n2)CCOCC1. The lowest BCUT2D eigenvalue weighted by Gasteiger charge is -2.36. The fraction of sp³-hybridized carbons (Fsp3) is 0.630. The monoisotopic (exact) mass is 526 g/mol. The average Bonchev–Trinajstić information content (AvgIpc) is 3.24. The third kappa shape index (κ3) is 6.68. The predicted molar refractivity (Wildman–Crippen MR) is 141 cm³/mol. The Morgan fingerprint density at radius 2 is 1.89 bits per heavy atom. The molecule has 2 aromatic rings. The summed E-state index contributed by atoms with van der Waals surface area (Å²) >= 11 is 6.52. The molecule has 198 valence electrons. The Bertz CT molecular complexity index is 1070. The van der Waals surface area contributed by atoms with Crippen molar-refractivity contribution in [1.29, 1.82) is 5.26 Å². The van der Waals surface area contributed by atoms with Gasteiger partial charge in [0.05, 0.1) is 41.2 Å². The number of ether oxygens (including phenoxy) is 3. The van der Waals surface area contributed by atoms with Gasteiger partial charge in [-0.1, -0.05) is 11.6 Å². The first-order chi connectivity index (χ1) is 18.1. The number of halogens is 1. The number of pyridine rings is 1. The van der Waals surface area contributed by atoms with Crippen LogP contribution in [-0.4, -0.2) is 78.1 Å². The van der Waals surface area contributed by atoms with Crippen LogP contribution in [0.5, 0.6) is 5.88 Å². The molecule has 9 nitrogen and oxygen atoms in total. The number of rotatable bonds is 7. The van der Waals surface area contributed by atoms with E-state index in [1.165, 1.54) is 12.8 Å². The van der Waals surface area contributed by atoms with Gasteiger partial charge < -0.3 is 19.5 Å². The predicted octanol–water partition coefficient (Wildman–Crippen LogP) is 4.34. The highest BCUT2D eigenvalue weighted by molar-refractivity contribution is 6.33. The van der Waals surface area contributed by atoms with Crippen molar-refractivity contribution in [1.82, 2.24) is 19.9 Å². The zero-order chi connectivity index (χ0) is 25.5. The van der Waals surface area contributed by atoms with Gasteiger partial charge >= 0.3 is 0 Å². The molecule has 0 bridgehead atoms. The number of nitrogens with zero attached hydrogens (tertiary/aromatic N) is 5. The molecule has 2 aromatic heterocycles. The lowest BCUT2D eigenvalue weighted by molar-refractivity contribution is 0.0182. The van der Waals surface area contributed by atoms with Crippen LogP contribution in [-0.2, 0) is 9.47 Å². The maximum Gasteiger partial charge on any atom is 0.232 e. The first-order valence-electron chi connectivity index (χ1n) is 13.3. The Kier molecular flexibility index (Phi) is 8.72. The van der Waals surface area contributed by atoms with Crippen LogP contribution in [0.15, 0.2) is 24.7 Å². The standard InChI is InChI=1S/C27H35ClN6O3/c28-23-15-31-25(32-20-2-4-21(5-3-20)34-8-1-10-35-13-9-34)14-22(23)24-16-30-17-26(33-24)37-19-27(18-29)6-11-36-12-7-27/h14-17,20-21H,1-13,19H2,(H,31,32). The van der Waals surface area contributed by atoms with Gasteiger partial charge in [-0.05, 0) is 51.0 Å². The van der Waals surface area contributed by atoms with E-state index in [2.05, 4.69) is 31.2 Å². The van der Waals surface area contributed by atoms with E-state index in [9.17, 15) is 5.26 Å². The molecule has 37 heavy (non-hydrogen) atoms. The molecule has 10 heteroatoms. The zero-order valence-electron chi connectivity index (χ0n) is 21.2. The molecule has 3 aliphatic rings. The summed E-state index contributed by atoms with van der Waals surface area (Å²) in [5, 5.41) is 13.8. The maximum absolute atomic E-state index is 9.69. The smallest absolute Gasteiger partial charge is 0.232 e. The lowest BCUT2D eigenvalue weighted by Crippen LogP contribution is -2.41. The number of hydrogen-bond acceptors (Lipinski definition) is 9. The molecular formula is C27H35ClN6O3. The molecular weight excluding hydrogens is 492 g/mol. The maximum atomic E-state index is 9.69. The Labute approximate surface area is 223 Å². The molecule has 1 aliphatic carbocycles. The van der Waals surface area contributed by atoms with Crippen LogP contribution in [0.2, 0.25) is 5.02 Å². The summed E-state index contributed by atoms with van der Waals surface area (Å²) in [6.07, 6.45) is 11.9. The van der Waals surface area contributed by atoms with Crippen molar-refractivity contribution >= 4 is 17.4 Å². The van der Waals surface area contributed by atoms with Gasteiger partial charge in [0.15, 0.2) is 0 Å². The van der Waals surface area contributed by atoms with Gasteiger partial charge in [0.1, 0.15) is 12.4 Å². The topological polar surface area (TPSA) is 105 Å². The van der Waals surface area contributed by atoms with E-state index < -0.39 is 5.41 Å². The highest BCUT2D eigenvalue weighted by atomic mass is 35.5. The van der Waals surface area contributed by atoms with E-state index in [0.717, 1.165) is 56.9 Å². The van der Waals surface area contributed by atoms with Crippen LogP contribution in [0.3, 0.4) is 0 Å². The minimum atomic E-state index is -0.554. The van der Waals surface area contributed by atoms with Gasteiger partial charge in [0, 0.05) is 56.8 Å². The summed E-state index contributed by atoms with van der Waals surface area (Å²) in [6, 6.07) is 5.37. The van der Waals surface area contributed by atoms with E-state index in [4.69, 9.17) is 25.8 Å².